The first-order chi connectivity index (χ1) is 14.4. The van der Waals surface area contributed by atoms with Crippen LogP contribution >= 0.6 is 0 Å². The number of benzene rings is 1. The fraction of sp³-hybridized carbons (Fsp3) is 0. The maximum absolute atomic E-state index is 5.23. The van der Waals surface area contributed by atoms with Crippen LogP contribution in [0.25, 0.3) is 56.0 Å². The lowest BCUT2D eigenvalue weighted by Gasteiger charge is -2.00. The van der Waals surface area contributed by atoms with E-state index in [4.69, 9.17) is 14.4 Å². The lowest BCUT2D eigenvalue weighted by molar-refractivity contribution is 0.568. The van der Waals surface area contributed by atoms with Crippen molar-refractivity contribution in [1.29, 1.82) is 0 Å². The lowest BCUT2D eigenvalue weighted by Crippen LogP contribution is -1.88. The van der Waals surface area contributed by atoms with Crippen LogP contribution in [0.4, 0.5) is 0 Å². The molecule has 0 saturated carbocycles. The monoisotopic (exact) mass is 379 g/mol. The molecule has 2 N–H and O–H groups in total. The van der Waals surface area contributed by atoms with Gasteiger partial charge in [-0.1, -0.05) is 12.1 Å². The predicted octanol–water partition coefficient (Wildman–Crippen LogP) is 4.22. The Bertz CT molecular complexity index is 1450. The van der Waals surface area contributed by atoms with Crippen molar-refractivity contribution >= 4 is 22.1 Å². The average molecular weight is 379 g/mol. The smallest absolute Gasteiger partial charge is 0.161 e. The molecular weight excluding hydrogens is 366 g/mol. The molecule has 0 aliphatic carbocycles. The highest BCUT2D eigenvalue weighted by atomic mass is 16.3. The molecule has 0 aliphatic rings. The molecule has 5 heterocycles. The Morgan fingerprint density at radius 1 is 0.828 bits per heavy atom. The van der Waals surface area contributed by atoms with Gasteiger partial charge < -0.3 is 9.40 Å². The molecule has 0 aliphatic heterocycles. The Morgan fingerprint density at radius 3 is 2.62 bits per heavy atom. The molecule has 8 nitrogen and oxygen atoms in total. The van der Waals surface area contributed by atoms with Gasteiger partial charge in [0.1, 0.15) is 11.8 Å². The molecule has 138 valence electrons. The zero-order chi connectivity index (χ0) is 19.2. The third-order valence-electron chi connectivity index (χ3n) is 4.83. The van der Waals surface area contributed by atoms with Crippen LogP contribution in [-0.4, -0.2) is 35.1 Å². The maximum Gasteiger partial charge on any atom is 0.161 e. The van der Waals surface area contributed by atoms with Crippen molar-refractivity contribution in [2.75, 3.05) is 0 Å². The van der Waals surface area contributed by atoms with Gasteiger partial charge in [0.2, 0.25) is 0 Å². The van der Waals surface area contributed by atoms with E-state index in [0.717, 1.165) is 44.5 Å². The van der Waals surface area contributed by atoms with Gasteiger partial charge in [0.25, 0.3) is 0 Å². The number of hydrogen-bond acceptors (Lipinski definition) is 6. The van der Waals surface area contributed by atoms with Crippen LogP contribution in [0.15, 0.2) is 72.1 Å². The number of nitrogens with one attached hydrogen (secondary N) is 2. The Labute approximate surface area is 163 Å². The van der Waals surface area contributed by atoms with Crippen molar-refractivity contribution < 1.29 is 4.42 Å². The Hall–Kier alpha value is -4.33. The first-order valence-electron chi connectivity index (χ1n) is 8.99. The quantitative estimate of drug-likeness (QED) is 0.476. The molecule has 0 bridgehead atoms. The molecule has 8 heteroatoms. The van der Waals surface area contributed by atoms with Crippen LogP contribution in [0.5, 0.6) is 0 Å². The zero-order valence-corrected chi connectivity index (χ0v) is 15.0. The summed E-state index contributed by atoms with van der Waals surface area (Å²) in [4.78, 5) is 21.1. The number of aromatic nitrogens is 7. The topological polar surface area (TPSA) is 109 Å². The van der Waals surface area contributed by atoms with Gasteiger partial charge in [-0.3, -0.25) is 5.10 Å². The van der Waals surface area contributed by atoms with E-state index in [1.54, 1.807) is 24.9 Å². The average Bonchev–Trinajstić information content (AvgIpc) is 3.52. The van der Waals surface area contributed by atoms with Gasteiger partial charge >= 0.3 is 0 Å². The molecule has 0 saturated heterocycles. The highest BCUT2D eigenvalue weighted by Crippen LogP contribution is 2.31. The number of para-hydroxylation sites is 1. The summed E-state index contributed by atoms with van der Waals surface area (Å²) in [6, 6.07) is 11.8. The molecule has 6 aromatic rings. The van der Waals surface area contributed by atoms with E-state index in [1.807, 2.05) is 36.4 Å². The number of rotatable bonds is 3. The molecular formula is C21H13N7O. The summed E-state index contributed by atoms with van der Waals surface area (Å²) in [7, 11) is 0. The van der Waals surface area contributed by atoms with E-state index in [-0.39, 0.29) is 0 Å². The van der Waals surface area contributed by atoms with Crippen LogP contribution in [0.1, 0.15) is 0 Å². The molecule has 6 rings (SSSR count). The van der Waals surface area contributed by atoms with E-state index >= 15 is 0 Å². The summed E-state index contributed by atoms with van der Waals surface area (Å²) >= 11 is 0. The minimum absolute atomic E-state index is 0.649. The standard InChI is InChI=1S/C21H13N7O/c1-2-14(12-6-7-29-10-12)18-16(3-1)25-21(26-18)20-19-17(27-28-20)5-4-15(24-19)13-8-22-11-23-9-13/h1-11H,(H,25,26)(H,27,28). The van der Waals surface area contributed by atoms with Crippen molar-refractivity contribution in [3.8, 4) is 33.9 Å². The zero-order valence-electron chi connectivity index (χ0n) is 15.0. The summed E-state index contributed by atoms with van der Waals surface area (Å²) in [5.41, 5.74) is 7.58. The summed E-state index contributed by atoms with van der Waals surface area (Å²) in [6.07, 6.45) is 8.33. The number of H-pyrrole nitrogens is 2. The van der Waals surface area contributed by atoms with Gasteiger partial charge in [-0.2, -0.15) is 5.10 Å². The van der Waals surface area contributed by atoms with Crippen LogP contribution in [0, 0.1) is 0 Å². The Kier molecular flexibility index (Phi) is 3.30. The number of pyridine rings is 1. The number of aromatic amines is 2. The third kappa shape index (κ3) is 2.50. The van der Waals surface area contributed by atoms with Crippen LogP contribution in [-0.2, 0) is 0 Å². The minimum atomic E-state index is 0.649. The maximum atomic E-state index is 5.23. The number of hydrogen-bond donors (Lipinski definition) is 2. The second-order valence-electron chi connectivity index (χ2n) is 6.59. The largest absolute Gasteiger partial charge is 0.472 e. The van der Waals surface area contributed by atoms with Crippen LogP contribution < -0.4 is 0 Å². The fourth-order valence-electron chi connectivity index (χ4n) is 3.45. The Balaban J connectivity index is 1.53. The van der Waals surface area contributed by atoms with Crippen molar-refractivity contribution in [3.05, 3.63) is 67.6 Å². The highest BCUT2D eigenvalue weighted by molar-refractivity contribution is 5.96. The van der Waals surface area contributed by atoms with Gasteiger partial charge in [0, 0.05) is 29.1 Å². The molecule has 0 atom stereocenters. The second kappa shape index (κ2) is 6.10. The minimum Gasteiger partial charge on any atom is -0.472 e. The van der Waals surface area contributed by atoms with E-state index in [9.17, 15) is 0 Å². The summed E-state index contributed by atoms with van der Waals surface area (Å²) < 4.78 is 5.23. The summed E-state index contributed by atoms with van der Waals surface area (Å²) in [5.74, 6) is 0.649. The molecule has 1 aromatic carbocycles. The van der Waals surface area contributed by atoms with Gasteiger partial charge in [-0.15, -0.1) is 0 Å². The fourth-order valence-corrected chi connectivity index (χ4v) is 3.45. The molecule has 0 spiro atoms. The first-order valence-corrected chi connectivity index (χ1v) is 8.99. The SMILES string of the molecule is c1cc(-c2ccoc2)c2nc(-c3n[nH]c4ccc(-c5cncnc5)nc34)[nH]c2c1. The van der Waals surface area contributed by atoms with Crippen LogP contribution in [0.3, 0.4) is 0 Å². The second-order valence-corrected chi connectivity index (χ2v) is 6.59. The van der Waals surface area contributed by atoms with E-state index in [0.29, 0.717) is 11.5 Å². The molecule has 29 heavy (non-hydrogen) atoms. The third-order valence-corrected chi connectivity index (χ3v) is 4.83. The number of fused-ring (bicyclic) bond motifs is 2. The highest BCUT2D eigenvalue weighted by Gasteiger charge is 2.17. The first kappa shape index (κ1) is 15.7. The van der Waals surface area contributed by atoms with Crippen molar-refractivity contribution in [2.24, 2.45) is 0 Å². The van der Waals surface area contributed by atoms with Crippen molar-refractivity contribution in [2.45, 2.75) is 0 Å². The summed E-state index contributed by atoms with van der Waals surface area (Å²) in [6.45, 7) is 0. The van der Waals surface area contributed by atoms with Crippen molar-refractivity contribution in [3.63, 3.8) is 0 Å². The number of furan rings is 1. The number of nitrogens with zero attached hydrogens (tertiary/aromatic N) is 5. The van der Waals surface area contributed by atoms with Crippen molar-refractivity contribution in [1.82, 2.24) is 35.1 Å². The van der Waals surface area contributed by atoms with Gasteiger partial charge in [0.15, 0.2) is 11.5 Å². The lowest BCUT2D eigenvalue weighted by atomic mass is 10.1. The van der Waals surface area contributed by atoms with Gasteiger partial charge in [-0.25, -0.2) is 19.9 Å². The van der Waals surface area contributed by atoms with E-state index in [1.165, 1.54) is 6.33 Å². The molecule has 0 fully saturated rings. The van der Waals surface area contributed by atoms with E-state index < -0.39 is 0 Å². The van der Waals surface area contributed by atoms with Gasteiger partial charge in [0.05, 0.1) is 34.8 Å². The Morgan fingerprint density at radius 2 is 1.76 bits per heavy atom. The number of imidazole rings is 1. The predicted molar refractivity (Wildman–Crippen MR) is 108 cm³/mol. The van der Waals surface area contributed by atoms with E-state index in [2.05, 4.69) is 25.1 Å². The molecule has 0 radical (unpaired) electrons. The molecule has 0 unspecified atom stereocenters. The van der Waals surface area contributed by atoms with Gasteiger partial charge in [-0.05, 0) is 24.3 Å². The molecule has 5 aromatic heterocycles. The molecule has 0 amide bonds. The summed E-state index contributed by atoms with van der Waals surface area (Å²) in [5, 5.41) is 7.49. The van der Waals surface area contributed by atoms with Crippen LogP contribution in [0.2, 0.25) is 0 Å². The normalized spacial score (nSPS) is 11.4.